The first-order chi connectivity index (χ1) is 19.9. The summed E-state index contributed by atoms with van der Waals surface area (Å²) in [5.74, 6) is -3.00. The van der Waals surface area contributed by atoms with Crippen LogP contribution in [0, 0.1) is 5.92 Å². The molecule has 0 radical (unpaired) electrons. The Balaban J connectivity index is 1.45. The molecule has 0 aliphatic carbocycles. The van der Waals surface area contributed by atoms with Gasteiger partial charge in [-0.25, -0.2) is 15.0 Å². The van der Waals surface area contributed by atoms with Gasteiger partial charge in [-0.15, -0.1) is 11.3 Å². The Morgan fingerprint density at radius 1 is 1.12 bits per heavy atom. The molecule has 16 heteroatoms. The van der Waals surface area contributed by atoms with E-state index in [1.165, 1.54) is 17.5 Å². The zero-order valence-electron chi connectivity index (χ0n) is 21.6. The number of alkyl halides is 5. The summed E-state index contributed by atoms with van der Waals surface area (Å²) in [6.45, 7) is -1.73. The predicted molar refractivity (Wildman–Crippen MR) is 138 cm³/mol. The number of benzene rings is 1. The van der Waals surface area contributed by atoms with Gasteiger partial charge in [-0.3, -0.25) is 14.9 Å². The van der Waals surface area contributed by atoms with Crippen LogP contribution in [0.5, 0.6) is 5.75 Å². The van der Waals surface area contributed by atoms with Crippen LogP contribution in [0.25, 0.3) is 0 Å². The van der Waals surface area contributed by atoms with E-state index in [2.05, 4.69) is 30.3 Å². The van der Waals surface area contributed by atoms with Gasteiger partial charge in [0.1, 0.15) is 27.8 Å². The van der Waals surface area contributed by atoms with Gasteiger partial charge in [0, 0.05) is 16.9 Å². The Morgan fingerprint density at radius 2 is 1.88 bits per heavy atom. The molecule has 4 heterocycles. The highest BCUT2D eigenvalue weighted by molar-refractivity contribution is 7.10. The number of fused-ring (bicyclic) bond motifs is 1. The number of nitrogens with zero attached hydrogens (tertiary/aromatic N) is 3. The molecule has 4 atom stereocenters. The minimum Gasteiger partial charge on any atom is -0.452 e. The summed E-state index contributed by atoms with van der Waals surface area (Å²) in [7, 11) is 0. The fraction of sp³-hybridized carbons (Fsp3) is 0.346. The number of aromatic nitrogens is 2. The maximum Gasteiger partial charge on any atom is 0.425 e. The van der Waals surface area contributed by atoms with Crippen LogP contribution >= 0.6 is 11.3 Å². The van der Waals surface area contributed by atoms with Crippen molar-refractivity contribution in [2.24, 2.45) is 10.9 Å². The van der Waals surface area contributed by atoms with E-state index < -0.39 is 54.3 Å². The van der Waals surface area contributed by atoms with Crippen molar-refractivity contribution in [3.8, 4) is 5.75 Å². The zero-order valence-corrected chi connectivity index (χ0v) is 22.4. The second-order valence-corrected chi connectivity index (χ2v) is 10.3. The van der Waals surface area contributed by atoms with E-state index >= 15 is 0 Å². The average molecular weight is 612 g/mol. The monoisotopic (exact) mass is 611 g/mol. The van der Waals surface area contributed by atoms with Crippen LogP contribution in [-0.4, -0.2) is 59.4 Å². The molecule has 0 bridgehead atoms. The van der Waals surface area contributed by atoms with Crippen molar-refractivity contribution >= 4 is 35.0 Å². The van der Waals surface area contributed by atoms with Gasteiger partial charge in [0.05, 0.1) is 18.9 Å². The van der Waals surface area contributed by atoms with E-state index in [-0.39, 0.29) is 40.9 Å². The lowest BCUT2D eigenvalue weighted by atomic mass is 9.75. The zero-order chi connectivity index (χ0) is 30.1. The third kappa shape index (κ3) is 6.18. The average Bonchev–Trinajstić information content (AvgIpc) is 3.42. The molecule has 5 rings (SSSR count). The number of hydrogen-bond acceptors (Lipinski definition) is 9. The number of carbonyl (C=O) groups is 2. The Labute approximate surface area is 238 Å². The first-order valence-corrected chi connectivity index (χ1v) is 13.3. The number of aliphatic imine (C=N–C) groups is 1. The highest BCUT2D eigenvalue weighted by atomic mass is 32.1. The summed E-state index contributed by atoms with van der Waals surface area (Å²) in [5, 5.41) is 6.30. The molecule has 0 saturated carbocycles. The first kappa shape index (κ1) is 29.3. The van der Waals surface area contributed by atoms with Crippen molar-refractivity contribution in [2.45, 2.75) is 43.9 Å². The van der Waals surface area contributed by atoms with Gasteiger partial charge >= 0.3 is 12.8 Å². The normalized spacial score (nSPS) is 23.8. The molecular formula is C26H22F5N5O5S. The molecule has 3 aromatic rings. The van der Waals surface area contributed by atoms with E-state index in [1.54, 1.807) is 25.1 Å². The smallest absolute Gasteiger partial charge is 0.425 e. The van der Waals surface area contributed by atoms with E-state index in [0.29, 0.717) is 0 Å². The summed E-state index contributed by atoms with van der Waals surface area (Å²) < 4.78 is 83.0. The van der Waals surface area contributed by atoms with Crippen molar-refractivity contribution < 1.29 is 45.8 Å². The molecule has 2 amide bonds. The van der Waals surface area contributed by atoms with Crippen LogP contribution in [0.1, 0.15) is 39.2 Å². The molecule has 0 spiro atoms. The number of pyridine rings is 1. The van der Waals surface area contributed by atoms with Crippen molar-refractivity contribution in [2.75, 3.05) is 11.9 Å². The van der Waals surface area contributed by atoms with Crippen LogP contribution in [-0.2, 0) is 15.0 Å². The van der Waals surface area contributed by atoms with Crippen molar-refractivity contribution in [3.05, 3.63) is 70.3 Å². The summed E-state index contributed by atoms with van der Waals surface area (Å²) in [6.07, 6.45) is -6.85. The number of rotatable bonds is 6. The third-order valence-corrected chi connectivity index (χ3v) is 7.59. The third-order valence-electron chi connectivity index (χ3n) is 6.58. The molecule has 2 aromatic heterocycles. The maximum absolute atomic E-state index is 14.4. The molecule has 1 saturated heterocycles. The van der Waals surface area contributed by atoms with Gasteiger partial charge in [-0.1, -0.05) is 18.2 Å². The molecule has 2 aliphatic heterocycles. The Hall–Kier alpha value is -4.18. The van der Waals surface area contributed by atoms with E-state index in [0.717, 1.165) is 29.7 Å². The van der Waals surface area contributed by atoms with Gasteiger partial charge in [0.2, 0.25) is 6.10 Å². The molecule has 0 unspecified atom stereocenters. The van der Waals surface area contributed by atoms with Crippen molar-refractivity contribution in [1.29, 1.82) is 0 Å². The number of thiazole rings is 1. The lowest BCUT2D eigenvalue weighted by Gasteiger charge is -2.48. The number of ether oxygens (including phenoxy) is 3. The standard InChI is InChI=1S/C26H22F5N5O5S/c1-13-9-16-19(26(29,30)31)41-24(35-20(37)14-5-3-2-4-6-14)36-25(16,12-39-13)22-34-18(11-42-22)33-21(38)17-8-7-15(10-32-17)40-23(27)28/h2-8,10-11,13,16,19,23H,9,12H2,1H3,(H,33,38)(H,35,36,37)/t13-,16-,19-,25-/m0/s1. The van der Waals surface area contributed by atoms with Crippen LogP contribution in [0.2, 0.25) is 0 Å². The topological polar surface area (TPSA) is 124 Å². The second kappa shape index (κ2) is 11.6. The molecule has 1 aromatic carbocycles. The number of amides is 2. The highest BCUT2D eigenvalue weighted by Gasteiger charge is 2.62. The van der Waals surface area contributed by atoms with E-state index in [9.17, 15) is 31.5 Å². The summed E-state index contributed by atoms with van der Waals surface area (Å²) in [6, 6.07) is 9.47. The number of amidine groups is 1. The summed E-state index contributed by atoms with van der Waals surface area (Å²) in [4.78, 5) is 38.0. The van der Waals surface area contributed by atoms with Crippen LogP contribution in [0.15, 0.2) is 59.0 Å². The van der Waals surface area contributed by atoms with Crippen LogP contribution in [0.4, 0.5) is 27.8 Å². The predicted octanol–water partition coefficient (Wildman–Crippen LogP) is 4.76. The number of hydrogen-bond donors (Lipinski definition) is 2. The lowest BCUT2D eigenvalue weighted by molar-refractivity contribution is -0.241. The number of halogens is 5. The molecule has 1 fully saturated rings. The maximum atomic E-state index is 14.4. The van der Waals surface area contributed by atoms with Crippen molar-refractivity contribution in [3.63, 3.8) is 0 Å². The van der Waals surface area contributed by atoms with Crippen LogP contribution in [0.3, 0.4) is 0 Å². The van der Waals surface area contributed by atoms with Gasteiger partial charge in [0.15, 0.2) is 0 Å². The number of carbonyl (C=O) groups excluding carboxylic acids is 2. The molecule has 42 heavy (non-hydrogen) atoms. The molecule has 2 N–H and O–H groups in total. The second-order valence-electron chi connectivity index (χ2n) is 9.45. The van der Waals surface area contributed by atoms with Gasteiger partial charge in [-0.2, -0.15) is 22.0 Å². The molecule has 2 aliphatic rings. The quantitative estimate of drug-likeness (QED) is 0.386. The Bertz CT molecular complexity index is 1470. The highest BCUT2D eigenvalue weighted by Crippen LogP contribution is 2.50. The fourth-order valence-corrected chi connectivity index (χ4v) is 5.62. The SMILES string of the molecule is C[C@H]1C[C@H]2[C@@H](C(F)(F)F)OC(NC(=O)c3ccccc3)=N[C@@]2(c2nc(NC(=O)c3ccc(OC(F)F)cn3)cs2)CO1. The lowest BCUT2D eigenvalue weighted by Crippen LogP contribution is -2.60. The van der Waals surface area contributed by atoms with Crippen LogP contribution < -0.4 is 15.4 Å². The van der Waals surface area contributed by atoms with Gasteiger partial charge in [0.25, 0.3) is 17.8 Å². The Morgan fingerprint density at radius 3 is 2.55 bits per heavy atom. The van der Waals surface area contributed by atoms with Crippen molar-refractivity contribution in [1.82, 2.24) is 15.3 Å². The molecule has 10 nitrogen and oxygen atoms in total. The molecular weight excluding hydrogens is 589 g/mol. The van der Waals surface area contributed by atoms with Gasteiger partial charge in [-0.05, 0) is 37.6 Å². The minimum absolute atomic E-state index is 0.0124. The number of nitrogens with one attached hydrogen (secondary N) is 2. The minimum atomic E-state index is -4.83. The number of anilines is 1. The summed E-state index contributed by atoms with van der Waals surface area (Å²) in [5.41, 5.74) is -1.67. The van der Waals surface area contributed by atoms with E-state index in [1.807, 2.05) is 0 Å². The summed E-state index contributed by atoms with van der Waals surface area (Å²) >= 11 is 0.938. The largest absolute Gasteiger partial charge is 0.452 e. The fourth-order valence-electron chi connectivity index (χ4n) is 4.67. The first-order valence-electron chi connectivity index (χ1n) is 12.4. The molecule has 222 valence electrons. The van der Waals surface area contributed by atoms with Gasteiger partial charge < -0.3 is 19.5 Å². The Kier molecular flexibility index (Phi) is 8.10. The van der Waals surface area contributed by atoms with E-state index in [4.69, 9.17) is 9.47 Å².